The zero-order chi connectivity index (χ0) is 25.8. The van der Waals surface area contributed by atoms with Gasteiger partial charge in [-0.25, -0.2) is 4.79 Å². The normalized spacial score (nSPS) is 31.1. The molecule has 1 heterocycles. The van der Waals surface area contributed by atoms with Gasteiger partial charge in [0.15, 0.2) is 0 Å². The van der Waals surface area contributed by atoms with E-state index in [9.17, 15) is 9.90 Å². The number of nitrogens with zero attached hydrogens (tertiary/aromatic N) is 2. The Balaban J connectivity index is 1.21. The molecule has 8 heteroatoms. The van der Waals surface area contributed by atoms with Gasteiger partial charge in [-0.2, -0.15) is 19.6 Å². The summed E-state index contributed by atoms with van der Waals surface area (Å²) in [5.41, 5.74) is 1.53. The van der Waals surface area contributed by atoms with Crippen LogP contribution < -0.4 is 0 Å². The molecule has 1 aromatic carbocycles. The van der Waals surface area contributed by atoms with Crippen molar-refractivity contribution in [3.05, 3.63) is 35.9 Å². The first-order valence-corrected chi connectivity index (χ1v) is 13.6. The number of amides is 1. The van der Waals surface area contributed by atoms with Gasteiger partial charge in [-0.3, -0.25) is 0 Å². The molecule has 0 atom stereocenters. The minimum atomic E-state index is -0.942. The number of rotatable bonds is 7. The van der Waals surface area contributed by atoms with E-state index in [0.29, 0.717) is 38.1 Å². The molecule has 202 valence electrons. The van der Waals surface area contributed by atoms with E-state index in [0.717, 1.165) is 45.2 Å². The van der Waals surface area contributed by atoms with Gasteiger partial charge in [-0.15, -0.1) is 0 Å². The third-order valence-electron chi connectivity index (χ3n) is 8.30. The summed E-state index contributed by atoms with van der Waals surface area (Å²) in [6.45, 7) is 9.04. The minimum absolute atomic E-state index is 0.0575. The van der Waals surface area contributed by atoms with Crippen LogP contribution in [0.1, 0.15) is 84.1 Å². The lowest BCUT2D eigenvalue weighted by molar-refractivity contribution is -0.663. The highest BCUT2D eigenvalue weighted by Gasteiger charge is 2.52. The molecule has 0 radical (unpaired) electrons. The van der Waals surface area contributed by atoms with Crippen molar-refractivity contribution < 1.29 is 29.5 Å². The molecule has 4 rings (SSSR count). The van der Waals surface area contributed by atoms with Crippen molar-refractivity contribution in [2.45, 2.75) is 103 Å². The molecule has 1 aromatic rings. The van der Waals surface area contributed by atoms with Crippen molar-refractivity contribution in [3.8, 4) is 0 Å². The second-order valence-corrected chi connectivity index (χ2v) is 12.1. The van der Waals surface area contributed by atoms with Crippen LogP contribution in [-0.2, 0) is 26.1 Å². The van der Waals surface area contributed by atoms with Gasteiger partial charge in [0.2, 0.25) is 11.6 Å². The molecule has 36 heavy (non-hydrogen) atoms. The topological polar surface area (TPSA) is 80.7 Å². The van der Waals surface area contributed by atoms with Gasteiger partial charge in [0.25, 0.3) is 0 Å². The van der Waals surface area contributed by atoms with Crippen molar-refractivity contribution >= 4 is 6.09 Å². The monoisotopic (exact) mass is 504 g/mol. The first kappa shape index (κ1) is 27.3. The fourth-order valence-electron chi connectivity index (χ4n) is 5.86. The Bertz CT molecular complexity index is 829. The van der Waals surface area contributed by atoms with Crippen molar-refractivity contribution in [3.63, 3.8) is 0 Å². The first-order chi connectivity index (χ1) is 17.1. The van der Waals surface area contributed by atoms with Gasteiger partial charge in [0.1, 0.15) is 0 Å². The summed E-state index contributed by atoms with van der Waals surface area (Å²) < 4.78 is 0. The van der Waals surface area contributed by atoms with Gasteiger partial charge in [-0.05, 0) is 62.6 Å². The van der Waals surface area contributed by atoms with E-state index in [4.69, 9.17) is 19.6 Å². The van der Waals surface area contributed by atoms with Crippen molar-refractivity contribution in [1.82, 2.24) is 9.80 Å². The molecule has 2 saturated carbocycles. The lowest BCUT2D eigenvalue weighted by Gasteiger charge is -2.49. The van der Waals surface area contributed by atoms with E-state index >= 15 is 0 Å². The Morgan fingerprint density at radius 3 is 1.94 bits per heavy atom. The van der Waals surface area contributed by atoms with Crippen LogP contribution in [0.5, 0.6) is 0 Å². The smallest absolute Gasteiger partial charge is 0.407 e. The number of carbonyl (C=O) groups is 1. The Hall–Kier alpha value is -1.71. The average Bonchev–Trinajstić information content (AvgIpc) is 2.85. The highest BCUT2D eigenvalue weighted by Crippen LogP contribution is 2.48. The fraction of sp³-hybridized carbons (Fsp3) is 0.750. The number of hydrogen-bond donors (Lipinski definition) is 1. The summed E-state index contributed by atoms with van der Waals surface area (Å²) in [4.78, 5) is 39.3. The van der Waals surface area contributed by atoms with Gasteiger partial charge in [-0.1, -0.05) is 51.1 Å². The molecule has 1 amide bonds. The molecular weight excluding hydrogens is 460 g/mol. The van der Waals surface area contributed by atoms with E-state index < -0.39 is 17.7 Å². The lowest BCUT2D eigenvalue weighted by atomic mass is 9.71. The highest BCUT2D eigenvalue weighted by molar-refractivity contribution is 5.65. The second kappa shape index (κ2) is 11.4. The lowest BCUT2D eigenvalue weighted by Crippen LogP contribution is -2.55. The maximum atomic E-state index is 12.0. The molecule has 1 saturated heterocycles. The van der Waals surface area contributed by atoms with Crippen LogP contribution in [0.3, 0.4) is 0 Å². The maximum absolute atomic E-state index is 12.0. The Kier molecular flexibility index (Phi) is 8.62. The Morgan fingerprint density at radius 2 is 1.44 bits per heavy atom. The van der Waals surface area contributed by atoms with Crippen LogP contribution >= 0.6 is 0 Å². The van der Waals surface area contributed by atoms with Gasteiger partial charge in [0.05, 0.1) is 0 Å². The van der Waals surface area contributed by atoms with Crippen LogP contribution in [0.25, 0.3) is 0 Å². The third kappa shape index (κ3) is 6.78. The molecular formula is C28H44N2O6. The Labute approximate surface area is 215 Å². The van der Waals surface area contributed by atoms with E-state index in [2.05, 4.69) is 44.9 Å². The minimum Gasteiger partial charge on any atom is -0.465 e. The van der Waals surface area contributed by atoms with Crippen molar-refractivity contribution in [2.24, 2.45) is 11.3 Å². The molecule has 3 aliphatic rings. The molecule has 0 bridgehead atoms. The fourth-order valence-corrected chi connectivity index (χ4v) is 5.86. The number of benzene rings is 1. The summed E-state index contributed by atoms with van der Waals surface area (Å²) in [5, 5.41) is 9.87. The largest absolute Gasteiger partial charge is 0.465 e. The molecule has 2 spiro atoms. The summed E-state index contributed by atoms with van der Waals surface area (Å²) in [6, 6.07) is 10.3. The average molecular weight is 505 g/mol. The van der Waals surface area contributed by atoms with Gasteiger partial charge < -0.3 is 14.9 Å². The molecule has 1 N–H and O–H groups in total. The zero-order valence-corrected chi connectivity index (χ0v) is 22.4. The summed E-state index contributed by atoms with van der Waals surface area (Å²) in [5.74, 6) is -1.13. The van der Waals surface area contributed by atoms with Crippen LogP contribution in [0, 0.1) is 11.3 Å². The second-order valence-electron chi connectivity index (χ2n) is 12.1. The van der Waals surface area contributed by atoms with Gasteiger partial charge in [0, 0.05) is 44.8 Å². The van der Waals surface area contributed by atoms with Crippen LogP contribution in [0.15, 0.2) is 30.3 Å². The van der Waals surface area contributed by atoms with E-state index in [1.165, 1.54) is 5.56 Å². The predicted molar refractivity (Wildman–Crippen MR) is 136 cm³/mol. The SMILES string of the molecule is CN(CCCN(C(=O)O)C1CCC2(CC1)OOC1(CCC(C(C)(C)C)CC1)OO2)Cc1ccccc1. The molecule has 0 unspecified atom stereocenters. The Morgan fingerprint density at radius 1 is 0.917 bits per heavy atom. The number of hydrogen-bond acceptors (Lipinski definition) is 6. The molecule has 0 aromatic heterocycles. The summed E-state index contributed by atoms with van der Waals surface area (Å²) >= 11 is 0. The van der Waals surface area contributed by atoms with E-state index in [1.54, 1.807) is 4.90 Å². The van der Waals surface area contributed by atoms with Crippen molar-refractivity contribution in [2.75, 3.05) is 20.1 Å². The van der Waals surface area contributed by atoms with Crippen LogP contribution in [0.2, 0.25) is 0 Å². The van der Waals surface area contributed by atoms with Crippen LogP contribution in [-0.4, -0.2) is 58.8 Å². The molecule has 8 nitrogen and oxygen atoms in total. The zero-order valence-electron chi connectivity index (χ0n) is 22.4. The van der Waals surface area contributed by atoms with E-state index in [-0.39, 0.29) is 11.5 Å². The molecule has 3 fully saturated rings. The number of carboxylic acid groups (broad SMARTS) is 1. The van der Waals surface area contributed by atoms with Crippen molar-refractivity contribution in [1.29, 1.82) is 0 Å². The summed E-state index contributed by atoms with van der Waals surface area (Å²) in [6.07, 6.45) is 5.82. The third-order valence-corrected chi connectivity index (χ3v) is 8.30. The maximum Gasteiger partial charge on any atom is 0.407 e. The van der Waals surface area contributed by atoms with Gasteiger partial charge >= 0.3 is 6.09 Å². The van der Waals surface area contributed by atoms with E-state index in [1.807, 2.05) is 18.2 Å². The highest BCUT2D eigenvalue weighted by atomic mass is 17.4. The predicted octanol–water partition coefficient (Wildman–Crippen LogP) is 5.97. The van der Waals surface area contributed by atoms with Crippen LogP contribution in [0.4, 0.5) is 4.79 Å². The summed E-state index contributed by atoms with van der Waals surface area (Å²) in [7, 11) is 2.07. The first-order valence-electron chi connectivity index (χ1n) is 13.6. The standard InChI is InChI=1S/C28H44N2O6/c1-26(2,3)23-11-15-27(16-12-23)33-35-28(36-34-27)17-13-24(14-18-28)30(25(31)32)20-8-19-29(4)21-22-9-6-5-7-10-22/h5-7,9-10,23-24H,8,11-21H2,1-4H3,(H,31,32). The molecule has 1 aliphatic heterocycles. The quantitative estimate of drug-likeness (QED) is 0.458. The molecule has 2 aliphatic carbocycles.